The van der Waals surface area contributed by atoms with E-state index in [1.165, 1.54) is 25.3 Å². The van der Waals surface area contributed by atoms with Crippen LogP contribution >= 0.6 is 0 Å². The van der Waals surface area contributed by atoms with Gasteiger partial charge in [0.2, 0.25) is 10.0 Å². The molecule has 0 saturated carbocycles. The molecule has 9 heteroatoms. The second-order valence-corrected chi connectivity index (χ2v) is 9.29. The number of amides is 1. The number of hydrogen-bond donors (Lipinski definition) is 1. The number of carbonyl (C=O) groups excluding carboxylic acids is 1. The van der Waals surface area contributed by atoms with Crippen LogP contribution < -0.4 is 14.2 Å². The van der Waals surface area contributed by atoms with Crippen LogP contribution in [0.5, 0.6) is 11.5 Å². The van der Waals surface area contributed by atoms with E-state index in [1.54, 1.807) is 12.0 Å². The smallest absolute Gasteiger partial charge is 0.257 e. The van der Waals surface area contributed by atoms with E-state index < -0.39 is 16.1 Å². The summed E-state index contributed by atoms with van der Waals surface area (Å²) in [4.78, 5) is 14.7. The first-order valence-electron chi connectivity index (χ1n) is 10.5. The highest BCUT2D eigenvalue weighted by Crippen LogP contribution is 2.28. The van der Waals surface area contributed by atoms with E-state index in [4.69, 9.17) is 14.2 Å². The largest absolute Gasteiger partial charge is 0.496 e. The maximum Gasteiger partial charge on any atom is 0.257 e. The van der Waals surface area contributed by atoms with Gasteiger partial charge in [0.05, 0.1) is 37.9 Å². The van der Waals surface area contributed by atoms with Gasteiger partial charge in [0.15, 0.2) is 0 Å². The van der Waals surface area contributed by atoms with Crippen LogP contribution in [-0.2, 0) is 14.8 Å². The van der Waals surface area contributed by atoms with Crippen LogP contribution in [-0.4, -0.2) is 59.7 Å². The minimum Gasteiger partial charge on any atom is -0.496 e. The normalized spacial score (nSPS) is 15.3. The molecular weight excluding hydrogens is 432 g/mol. The van der Waals surface area contributed by atoms with Gasteiger partial charge in [0, 0.05) is 19.1 Å². The predicted molar refractivity (Wildman–Crippen MR) is 121 cm³/mol. The summed E-state index contributed by atoms with van der Waals surface area (Å²) in [6, 6.07) is 9.51. The third-order valence-corrected chi connectivity index (χ3v) is 7.01. The third-order valence-electron chi connectivity index (χ3n) is 5.54. The van der Waals surface area contributed by atoms with Crippen molar-refractivity contribution in [3.05, 3.63) is 53.1 Å². The molecule has 2 aromatic rings. The quantitative estimate of drug-likeness (QED) is 0.648. The van der Waals surface area contributed by atoms with Crippen molar-refractivity contribution in [1.82, 2.24) is 9.62 Å². The van der Waals surface area contributed by atoms with E-state index in [0.717, 1.165) is 16.9 Å². The summed E-state index contributed by atoms with van der Waals surface area (Å²) in [5.74, 6) is 0.797. The summed E-state index contributed by atoms with van der Waals surface area (Å²) < 4.78 is 45.1. The number of nitrogens with zero attached hydrogens (tertiary/aromatic N) is 1. The van der Waals surface area contributed by atoms with Crippen LogP contribution in [0.4, 0.5) is 0 Å². The molecule has 0 bridgehead atoms. The van der Waals surface area contributed by atoms with Gasteiger partial charge in [-0.15, -0.1) is 0 Å². The lowest BCUT2D eigenvalue weighted by Gasteiger charge is -2.27. The minimum atomic E-state index is -3.89. The van der Waals surface area contributed by atoms with Crippen LogP contribution in [0.25, 0.3) is 0 Å². The van der Waals surface area contributed by atoms with E-state index in [-0.39, 0.29) is 16.4 Å². The van der Waals surface area contributed by atoms with Crippen molar-refractivity contribution >= 4 is 15.9 Å². The molecule has 0 aliphatic carbocycles. The van der Waals surface area contributed by atoms with Crippen LogP contribution in [0.2, 0.25) is 0 Å². The molecule has 1 N–H and O–H groups in total. The molecule has 1 fully saturated rings. The zero-order chi connectivity index (χ0) is 23.3. The Kier molecular flexibility index (Phi) is 7.76. The molecule has 1 amide bonds. The highest BCUT2D eigenvalue weighted by atomic mass is 32.2. The Morgan fingerprint density at radius 2 is 1.75 bits per heavy atom. The first-order chi connectivity index (χ1) is 15.3. The maximum atomic E-state index is 13.2. The van der Waals surface area contributed by atoms with Gasteiger partial charge in [-0.2, -0.15) is 0 Å². The van der Waals surface area contributed by atoms with Crippen LogP contribution in [0.1, 0.15) is 40.9 Å². The highest BCUT2D eigenvalue weighted by molar-refractivity contribution is 7.89. The van der Waals surface area contributed by atoms with Gasteiger partial charge in [0.25, 0.3) is 5.91 Å². The van der Waals surface area contributed by atoms with Crippen LogP contribution in [0, 0.1) is 6.92 Å². The molecule has 1 unspecified atom stereocenters. The van der Waals surface area contributed by atoms with Gasteiger partial charge in [-0.25, -0.2) is 13.1 Å². The maximum absolute atomic E-state index is 13.2. The lowest BCUT2D eigenvalue weighted by atomic mass is 10.0. The zero-order valence-electron chi connectivity index (χ0n) is 18.9. The molecule has 2 aromatic carbocycles. The summed E-state index contributed by atoms with van der Waals surface area (Å²) in [5, 5.41) is 0. The monoisotopic (exact) mass is 462 g/mol. The minimum absolute atomic E-state index is 0.0126. The zero-order valence-corrected chi connectivity index (χ0v) is 19.7. The third kappa shape index (κ3) is 5.23. The summed E-state index contributed by atoms with van der Waals surface area (Å²) in [7, 11) is -0.838. The van der Waals surface area contributed by atoms with E-state index in [1.807, 2.05) is 32.0 Å². The lowest BCUT2D eigenvalue weighted by molar-refractivity contribution is 0.0300. The van der Waals surface area contributed by atoms with Crippen molar-refractivity contribution in [3.63, 3.8) is 0 Å². The van der Waals surface area contributed by atoms with Crippen molar-refractivity contribution in [3.8, 4) is 11.5 Å². The van der Waals surface area contributed by atoms with E-state index in [0.29, 0.717) is 38.5 Å². The Morgan fingerprint density at radius 1 is 1.09 bits per heavy atom. The number of ether oxygens (including phenoxy) is 3. The summed E-state index contributed by atoms with van der Waals surface area (Å²) >= 11 is 0. The van der Waals surface area contributed by atoms with E-state index >= 15 is 0 Å². The van der Waals surface area contributed by atoms with Gasteiger partial charge in [0.1, 0.15) is 11.5 Å². The standard InChI is InChI=1S/C23H30N2O6S/c1-5-20(17-6-8-21(29-3)16(2)14-17)24-32(27,28)18-7-9-22(30-4)19(15-18)23(26)25-10-12-31-13-11-25/h6-9,14-15,20,24H,5,10-13H2,1-4H3. The number of sulfonamides is 1. The Labute approximate surface area is 189 Å². The van der Waals surface area contributed by atoms with Gasteiger partial charge in [-0.3, -0.25) is 4.79 Å². The van der Waals surface area contributed by atoms with Gasteiger partial charge in [-0.1, -0.05) is 19.1 Å². The number of aryl methyl sites for hydroxylation is 1. The second kappa shape index (κ2) is 10.3. The molecular formula is C23H30N2O6S. The molecule has 32 heavy (non-hydrogen) atoms. The van der Waals surface area contributed by atoms with Crippen LogP contribution in [0.15, 0.2) is 41.3 Å². The molecule has 1 heterocycles. The van der Waals surface area contributed by atoms with E-state index in [2.05, 4.69) is 4.72 Å². The Bertz CT molecular complexity index is 1060. The molecule has 1 aliphatic heterocycles. The van der Waals surface area contributed by atoms with E-state index in [9.17, 15) is 13.2 Å². The fourth-order valence-electron chi connectivity index (χ4n) is 3.72. The van der Waals surface area contributed by atoms with Crippen molar-refractivity contribution < 1.29 is 27.4 Å². The number of morpholine rings is 1. The average molecular weight is 463 g/mol. The number of benzene rings is 2. The Hall–Kier alpha value is -2.62. The van der Waals surface area contributed by atoms with Crippen molar-refractivity contribution in [2.45, 2.75) is 31.2 Å². The number of rotatable bonds is 8. The van der Waals surface area contributed by atoms with Crippen LogP contribution in [0.3, 0.4) is 0 Å². The van der Waals surface area contributed by atoms with Crippen molar-refractivity contribution in [2.24, 2.45) is 0 Å². The average Bonchev–Trinajstić information content (AvgIpc) is 2.82. The second-order valence-electron chi connectivity index (χ2n) is 7.58. The molecule has 174 valence electrons. The number of hydrogen-bond acceptors (Lipinski definition) is 6. The Balaban J connectivity index is 1.90. The van der Waals surface area contributed by atoms with Crippen molar-refractivity contribution in [1.29, 1.82) is 0 Å². The molecule has 3 rings (SSSR count). The SMILES string of the molecule is CCC(NS(=O)(=O)c1ccc(OC)c(C(=O)N2CCOCC2)c1)c1ccc(OC)c(C)c1. The van der Waals surface area contributed by atoms with Gasteiger partial charge in [-0.05, 0) is 48.7 Å². The molecule has 1 saturated heterocycles. The lowest BCUT2D eigenvalue weighted by Crippen LogP contribution is -2.40. The molecule has 1 atom stereocenters. The Morgan fingerprint density at radius 3 is 2.34 bits per heavy atom. The topological polar surface area (TPSA) is 94.2 Å². The number of methoxy groups -OCH3 is 2. The first kappa shape index (κ1) is 24.0. The van der Waals surface area contributed by atoms with Gasteiger partial charge < -0.3 is 19.1 Å². The van der Waals surface area contributed by atoms with Crippen molar-refractivity contribution in [2.75, 3.05) is 40.5 Å². The molecule has 8 nitrogen and oxygen atoms in total. The molecule has 0 radical (unpaired) electrons. The molecule has 0 spiro atoms. The predicted octanol–water partition coefficient (Wildman–Crippen LogP) is 2.91. The fourth-order valence-corrected chi connectivity index (χ4v) is 5.05. The highest BCUT2D eigenvalue weighted by Gasteiger charge is 2.26. The number of carbonyl (C=O) groups is 1. The number of nitrogens with one attached hydrogen (secondary N) is 1. The molecule has 0 aromatic heterocycles. The summed E-state index contributed by atoms with van der Waals surface area (Å²) in [5.41, 5.74) is 1.98. The summed E-state index contributed by atoms with van der Waals surface area (Å²) in [6.07, 6.45) is 0.556. The fraction of sp³-hybridized carbons (Fsp3) is 0.435. The summed E-state index contributed by atoms with van der Waals surface area (Å²) in [6.45, 7) is 5.63. The molecule has 1 aliphatic rings. The van der Waals surface area contributed by atoms with Gasteiger partial charge >= 0.3 is 0 Å². The first-order valence-corrected chi connectivity index (χ1v) is 12.0.